The summed E-state index contributed by atoms with van der Waals surface area (Å²) in [7, 11) is 1.67. The second-order valence-electron chi connectivity index (χ2n) is 2.07. The molecule has 0 aromatic rings. The van der Waals surface area contributed by atoms with E-state index in [-0.39, 0.29) is 6.61 Å². The van der Waals surface area contributed by atoms with E-state index in [1.54, 1.807) is 7.11 Å². The zero-order valence-electron chi connectivity index (χ0n) is 5.55. The van der Waals surface area contributed by atoms with Crippen molar-refractivity contribution in [2.45, 2.75) is 13.3 Å². The maximum absolute atomic E-state index is 8.41. The van der Waals surface area contributed by atoms with Crippen LogP contribution in [0.25, 0.3) is 0 Å². The van der Waals surface area contributed by atoms with Crippen LogP contribution < -0.4 is 0 Å². The van der Waals surface area contributed by atoms with Crippen LogP contribution in [0.4, 0.5) is 0 Å². The van der Waals surface area contributed by atoms with E-state index in [0.29, 0.717) is 5.92 Å². The fourth-order valence-electron chi connectivity index (χ4n) is 0.588. The Morgan fingerprint density at radius 2 is 2.25 bits per heavy atom. The van der Waals surface area contributed by atoms with Crippen LogP contribution in [-0.2, 0) is 4.74 Å². The zero-order valence-corrected chi connectivity index (χ0v) is 5.55. The summed E-state index contributed by atoms with van der Waals surface area (Å²) < 4.78 is 4.85. The highest BCUT2D eigenvalue weighted by atomic mass is 16.5. The molecule has 0 heterocycles. The Kier molecular flexibility index (Phi) is 5.01. The highest BCUT2D eigenvalue weighted by Crippen LogP contribution is 1.98. The molecule has 0 saturated carbocycles. The van der Waals surface area contributed by atoms with Gasteiger partial charge in [0.2, 0.25) is 0 Å². The quantitative estimate of drug-likeness (QED) is 0.587. The topological polar surface area (TPSA) is 29.5 Å². The number of ether oxygens (including phenoxy) is 1. The third kappa shape index (κ3) is 4.09. The molecule has 0 spiro atoms. The first kappa shape index (κ1) is 7.92. The summed E-state index contributed by atoms with van der Waals surface area (Å²) >= 11 is 0. The van der Waals surface area contributed by atoms with Gasteiger partial charge in [0.15, 0.2) is 0 Å². The van der Waals surface area contributed by atoms with Crippen molar-refractivity contribution in [1.82, 2.24) is 0 Å². The van der Waals surface area contributed by atoms with Crippen molar-refractivity contribution < 1.29 is 9.84 Å². The molecule has 1 N–H and O–H groups in total. The van der Waals surface area contributed by atoms with Gasteiger partial charge in [0, 0.05) is 20.3 Å². The zero-order chi connectivity index (χ0) is 6.41. The van der Waals surface area contributed by atoms with Crippen molar-refractivity contribution >= 4 is 0 Å². The Morgan fingerprint density at radius 1 is 1.62 bits per heavy atom. The summed E-state index contributed by atoms with van der Waals surface area (Å²) in [5, 5.41) is 8.41. The van der Waals surface area contributed by atoms with Crippen LogP contribution in [0.3, 0.4) is 0 Å². The Labute approximate surface area is 50.5 Å². The van der Waals surface area contributed by atoms with Crippen molar-refractivity contribution in [3.63, 3.8) is 0 Å². The van der Waals surface area contributed by atoms with Crippen molar-refractivity contribution in [1.29, 1.82) is 0 Å². The summed E-state index contributed by atoms with van der Waals surface area (Å²) in [5.74, 6) is 0.491. The van der Waals surface area contributed by atoms with E-state index in [1.807, 2.05) is 0 Å². The van der Waals surface area contributed by atoms with Gasteiger partial charge in [-0.25, -0.2) is 0 Å². The summed E-state index contributed by atoms with van der Waals surface area (Å²) in [4.78, 5) is 0. The monoisotopic (exact) mass is 118 g/mol. The standard InChI is InChI=1S/C6H14O2/c1-6(3-4-7)5-8-2/h6-7H,3-5H2,1-2H3. The Morgan fingerprint density at radius 3 is 2.62 bits per heavy atom. The molecule has 0 aliphatic carbocycles. The molecule has 0 rings (SSSR count). The summed E-state index contributed by atoms with van der Waals surface area (Å²) in [5.41, 5.74) is 0. The maximum atomic E-state index is 8.41. The van der Waals surface area contributed by atoms with Crippen LogP contribution in [0.2, 0.25) is 0 Å². The van der Waals surface area contributed by atoms with Crippen LogP contribution >= 0.6 is 0 Å². The molecule has 8 heavy (non-hydrogen) atoms. The summed E-state index contributed by atoms with van der Waals surface area (Å²) in [6.07, 6.45) is 0.841. The van der Waals surface area contributed by atoms with Gasteiger partial charge in [0.05, 0.1) is 0 Å². The molecular formula is C6H14O2. The number of methoxy groups -OCH3 is 1. The van der Waals surface area contributed by atoms with Gasteiger partial charge in [-0.2, -0.15) is 0 Å². The molecule has 0 fully saturated rings. The molecule has 0 amide bonds. The van der Waals surface area contributed by atoms with Crippen molar-refractivity contribution in [3.05, 3.63) is 0 Å². The number of aliphatic hydroxyl groups is 1. The first-order chi connectivity index (χ1) is 3.81. The van der Waals surface area contributed by atoms with Gasteiger partial charge in [0.1, 0.15) is 0 Å². The van der Waals surface area contributed by atoms with Crippen LogP contribution in [0.5, 0.6) is 0 Å². The van der Waals surface area contributed by atoms with Crippen LogP contribution in [0, 0.1) is 5.92 Å². The van der Waals surface area contributed by atoms with E-state index in [2.05, 4.69) is 6.92 Å². The average Bonchev–Trinajstić information content (AvgIpc) is 1.68. The van der Waals surface area contributed by atoms with E-state index < -0.39 is 0 Å². The molecule has 0 bridgehead atoms. The van der Waals surface area contributed by atoms with Crippen molar-refractivity contribution in [2.24, 2.45) is 5.92 Å². The molecule has 2 heteroatoms. The molecule has 2 nitrogen and oxygen atoms in total. The first-order valence-electron chi connectivity index (χ1n) is 2.91. The van der Waals surface area contributed by atoms with Gasteiger partial charge in [0.25, 0.3) is 0 Å². The Hall–Kier alpha value is -0.0800. The first-order valence-corrected chi connectivity index (χ1v) is 2.91. The predicted octanol–water partition coefficient (Wildman–Crippen LogP) is 0.651. The lowest BCUT2D eigenvalue weighted by Crippen LogP contribution is -2.04. The lowest BCUT2D eigenvalue weighted by atomic mass is 10.1. The molecule has 1 unspecified atom stereocenters. The number of rotatable bonds is 4. The van der Waals surface area contributed by atoms with E-state index >= 15 is 0 Å². The molecule has 0 aromatic heterocycles. The van der Waals surface area contributed by atoms with E-state index in [0.717, 1.165) is 13.0 Å². The van der Waals surface area contributed by atoms with E-state index in [1.165, 1.54) is 0 Å². The van der Waals surface area contributed by atoms with Crippen molar-refractivity contribution in [2.75, 3.05) is 20.3 Å². The van der Waals surface area contributed by atoms with Gasteiger partial charge < -0.3 is 9.84 Å². The average molecular weight is 118 g/mol. The smallest absolute Gasteiger partial charge is 0.0488 e. The van der Waals surface area contributed by atoms with Crippen LogP contribution in [-0.4, -0.2) is 25.4 Å². The predicted molar refractivity (Wildman–Crippen MR) is 32.7 cm³/mol. The minimum Gasteiger partial charge on any atom is -0.396 e. The van der Waals surface area contributed by atoms with Gasteiger partial charge in [-0.1, -0.05) is 6.92 Å². The summed E-state index contributed by atoms with van der Waals surface area (Å²) in [6.45, 7) is 3.07. The molecule has 0 radical (unpaired) electrons. The van der Waals surface area contributed by atoms with Gasteiger partial charge in [-0.05, 0) is 12.3 Å². The second kappa shape index (κ2) is 5.06. The van der Waals surface area contributed by atoms with Gasteiger partial charge >= 0.3 is 0 Å². The normalized spacial score (nSPS) is 13.9. The lowest BCUT2D eigenvalue weighted by Gasteiger charge is -2.05. The Balaban J connectivity index is 2.92. The minimum absolute atomic E-state index is 0.268. The highest BCUT2D eigenvalue weighted by Gasteiger charge is 1.97. The fourth-order valence-corrected chi connectivity index (χ4v) is 0.588. The highest BCUT2D eigenvalue weighted by molar-refractivity contribution is 4.47. The molecule has 0 saturated heterocycles. The largest absolute Gasteiger partial charge is 0.396 e. The molecule has 0 aliphatic heterocycles. The lowest BCUT2D eigenvalue weighted by molar-refractivity contribution is 0.141. The molecule has 0 aliphatic rings. The SMILES string of the molecule is COCC(C)CCO. The molecule has 50 valence electrons. The number of aliphatic hydroxyl groups excluding tert-OH is 1. The fraction of sp³-hybridized carbons (Fsp3) is 1.00. The van der Waals surface area contributed by atoms with Crippen molar-refractivity contribution in [3.8, 4) is 0 Å². The molecule has 1 atom stereocenters. The summed E-state index contributed by atoms with van der Waals surface area (Å²) in [6, 6.07) is 0. The van der Waals surface area contributed by atoms with E-state index in [4.69, 9.17) is 9.84 Å². The third-order valence-corrected chi connectivity index (χ3v) is 1.07. The van der Waals surface area contributed by atoms with Gasteiger partial charge in [-0.3, -0.25) is 0 Å². The third-order valence-electron chi connectivity index (χ3n) is 1.07. The van der Waals surface area contributed by atoms with Crippen LogP contribution in [0.15, 0.2) is 0 Å². The van der Waals surface area contributed by atoms with E-state index in [9.17, 15) is 0 Å². The molecule has 0 aromatic carbocycles. The van der Waals surface area contributed by atoms with Gasteiger partial charge in [-0.15, -0.1) is 0 Å². The Bertz CT molecular complexity index is 39.8. The maximum Gasteiger partial charge on any atom is 0.0488 e. The minimum atomic E-state index is 0.268. The van der Waals surface area contributed by atoms with Crippen LogP contribution in [0.1, 0.15) is 13.3 Å². The second-order valence-corrected chi connectivity index (χ2v) is 2.07. The molecular weight excluding hydrogens is 104 g/mol. The number of hydrogen-bond donors (Lipinski definition) is 1. The number of hydrogen-bond acceptors (Lipinski definition) is 2.